The molecular formula is C24H24FN3O. The zero-order valence-corrected chi connectivity index (χ0v) is 16.9. The van der Waals surface area contributed by atoms with Crippen LogP contribution in [0.25, 0.3) is 32.8 Å². The van der Waals surface area contributed by atoms with E-state index in [1.54, 1.807) is 6.20 Å². The maximum Gasteiger partial charge on any atom is 0.259 e. The number of hydrogen-bond donors (Lipinski definition) is 1. The van der Waals surface area contributed by atoms with Gasteiger partial charge in [-0.3, -0.25) is 9.89 Å². The first-order chi connectivity index (χ1) is 13.9. The first kappa shape index (κ1) is 18.1. The Morgan fingerprint density at radius 3 is 2.52 bits per heavy atom. The van der Waals surface area contributed by atoms with Gasteiger partial charge < -0.3 is 4.57 Å². The Hall–Kier alpha value is -2.95. The minimum atomic E-state index is -0.262. The van der Waals surface area contributed by atoms with Gasteiger partial charge >= 0.3 is 0 Å². The topological polar surface area (TPSA) is 50.7 Å². The average Bonchev–Trinajstić information content (AvgIpc) is 3.13. The molecule has 1 N–H and O–H groups in total. The Balaban J connectivity index is 1.94. The van der Waals surface area contributed by atoms with Gasteiger partial charge in [-0.05, 0) is 59.9 Å². The summed E-state index contributed by atoms with van der Waals surface area (Å²) < 4.78 is 15.7. The van der Waals surface area contributed by atoms with Gasteiger partial charge in [-0.1, -0.05) is 32.9 Å². The highest BCUT2D eigenvalue weighted by Crippen LogP contribution is 2.42. The molecule has 1 fully saturated rings. The summed E-state index contributed by atoms with van der Waals surface area (Å²) in [5, 5.41) is 9.67. The van der Waals surface area contributed by atoms with Gasteiger partial charge in [0, 0.05) is 28.1 Å². The highest BCUT2D eigenvalue weighted by Gasteiger charge is 2.32. The van der Waals surface area contributed by atoms with Crippen molar-refractivity contribution < 1.29 is 4.39 Å². The SMILES string of the molecule is CC1CC(n2c(C(C)C)c(-c3ccc(F)cc3)c3cc4cn[nH]c4cc3c2=O)C1. The molecule has 1 aliphatic rings. The maximum absolute atomic E-state index is 13.7. The molecule has 0 aliphatic heterocycles. The highest BCUT2D eigenvalue weighted by molar-refractivity contribution is 6.04. The normalized spacial score (nSPS) is 19.2. The second kappa shape index (κ2) is 6.55. The number of nitrogens with zero attached hydrogens (tertiary/aromatic N) is 2. The van der Waals surface area contributed by atoms with Crippen molar-refractivity contribution in [2.24, 2.45) is 5.92 Å². The minimum Gasteiger partial charge on any atom is -0.308 e. The summed E-state index contributed by atoms with van der Waals surface area (Å²) in [5.74, 6) is 0.526. The number of fused-ring (bicyclic) bond motifs is 2. The summed E-state index contributed by atoms with van der Waals surface area (Å²) in [5.41, 5.74) is 3.91. The van der Waals surface area contributed by atoms with E-state index in [9.17, 15) is 9.18 Å². The van der Waals surface area contributed by atoms with E-state index in [0.717, 1.165) is 46.0 Å². The molecule has 2 heterocycles. The summed E-state index contributed by atoms with van der Waals surface area (Å²) in [6.07, 6.45) is 3.80. The number of halogens is 1. The van der Waals surface area contributed by atoms with Crippen molar-refractivity contribution in [2.45, 2.75) is 45.6 Å². The lowest BCUT2D eigenvalue weighted by Crippen LogP contribution is -2.36. The van der Waals surface area contributed by atoms with Gasteiger partial charge in [-0.25, -0.2) is 4.39 Å². The van der Waals surface area contributed by atoms with Crippen molar-refractivity contribution in [3.05, 3.63) is 64.5 Å². The fourth-order valence-corrected chi connectivity index (χ4v) is 4.79. The van der Waals surface area contributed by atoms with E-state index in [4.69, 9.17) is 0 Å². The third-order valence-corrected chi connectivity index (χ3v) is 6.21. The molecule has 5 heteroatoms. The van der Waals surface area contributed by atoms with Gasteiger partial charge in [-0.2, -0.15) is 5.10 Å². The zero-order valence-electron chi connectivity index (χ0n) is 16.9. The van der Waals surface area contributed by atoms with E-state index in [1.807, 2.05) is 28.8 Å². The number of nitrogens with one attached hydrogen (secondary N) is 1. The number of rotatable bonds is 3. The molecule has 5 rings (SSSR count). The minimum absolute atomic E-state index is 0.0583. The molecule has 0 spiro atoms. The second-order valence-corrected chi connectivity index (χ2v) is 8.68. The molecule has 0 bridgehead atoms. The van der Waals surface area contributed by atoms with E-state index in [-0.39, 0.29) is 23.3 Å². The first-order valence-corrected chi connectivity index (χ1v) is 10.2. The molecule has 29 heavy (non-hydrogen) atoms. The summed E-state index contributed by atoms with van der Waals surface area (Å²) in [4.78, 5) is 13.7. The van der Waals surface area contributed by atoms with Gasteiger partial charge in [0.15, 0.2) is 0 Å². The molecule has 0 atom stereocenters. The number of aromatic amines is 1. The molecule has 148 valence electrons. The Morgan fingerprint density at radius 1 is 1.14 bits per heavy atom. The predicted molar refractivity (Wildman–Crippen MR) is 115 cm³/mol. The Kier molecular flexibility index (Phi) is 4.09. The third kappa shape index (κ3) is 2.79. The molecule has 4 nitrogen and oxygen atoms in total. The van der Waals surface area contributed by atoms with Crippen molar-refractivity contribution in [3.63, 3.8) is 0 Å². The average molecular weight is 389 g/mol. The van der Waals surface area contributed by atoms with Gasteiger partial charge in [0.1, 0.15) is 5.82 Å². The molecule has 4 aromatic rings. The van der Waals surface area contributed by atoms with Crippen LogP contribution in [0.1, 0.15) is 51.3 Å². The predicted octanol–water partition coefficient (Wildman–Crippen LogP) is 5.78. The van der Waals surface area contributed by atoms with Crippen LogP contribution in [0.2, 0.25) is 0 Å². The Labute approximate surface area is 168 Å². The van der Waals surface area contributed by atoms with Crippen LogP contribution in [0.3, 0.4) is 0 Å². The van der Waals surface area contributed by atoms with E-state index >= 15 is 0 Å². The number of aromatic nitrogens is 3. The monoisotopic (exact) mass is 389 g/mol. The number of H-pyrrole nitrogens is 1. The zero-order chi connectivity index (χ0) is 20.3. The van der Waals surface area contributed by atoms with Crippen LogP contribution in [0.5, 0.6) is 0 Å². The first-order valence-electron chi connectivity index (χ1n) is 10.2. The van der Waals surface area contributed by atoms with Crippen LogP contribution in [0.15, 0.2) is 47.4 Å². The van der Waals surface area contributed by atoms with Crippen molar-refractivity contribution in [1.29, 1.82) is 0 Å². The lowest BCUT2D eigenvalue weighted by Gasteiger charge is -2.37. The van der Waals surface area contributed by atoms with Gasteiger partial charge in [0.05, 0.1) is 11.7 Å². The molecule has 0 unspecified atom stereocenters. The Morgan fingerprint density at radius 2 is 1.86 bits per heavy atom. The van der Waals surface area contributed by atoms with Crippen LogP contribution in [-0.4, -0.2) is 14.8 Å². The van der Waals surface area contributed by atoms with Crippen molar-refractivity contribution in [2.75, 3.05) is 0 Å². The van der Waals surface area contributed by atoms with Crippen molar-refractivity contribution >= 4 is 21.7 Å². The van der Waals surface area contributed by atoms with Crippen LogP contribution in [0, 0.1) is 11.7 Å². The van der Waals surface area contributed by atoms with Gasteiger partial charge in [0.2, 0.25) is 0 Å². The molecular weight excluding hydrogens is 365 g/mol. The van der Waals surface area contributed by atoms with E-state index in [0.29, 0.717) is 11.3 Å². The fourth-order valence-electron chi connectivity index (χ4n) is 4.79. The molecule has 2 aromatic heterocycles. The summed E-state index contributed by atoms with van der Waals surface area (Å²) in [6.45, 7) is 6.48. The highest BCUT2D eigenvalue weighted by atomic mass is 19.1. The summed E-state index contributed by atoms with van der Waals surface area (Å²) in [7, 11) is 0. The number of hydrogen-bond acceptors (Lipinski definition) is 2. The molecule has 0 radical (unpaired) electrons. The Bertz CT molecular complexity index is 1280. The third-order valence-electron chi connectivity index (χ3n) is 6.21. The van der Waals surface area contributed by atoms with E-state index < -0.39 is 0 Å². The smallest absolute Gasteiger partial charge is 0.259 e. The lowest BCUT2D eigenvalue weighted by atomic mass is 9.80. The van der Waals surface area contributed by atoms with Crippen LogP contribution in [0.4, 0.5) is 4.39 Å². The second-order valence-electron chi connectivity index (χ2n) is 8.68. The number of pyridine rings is 1. The molecule has 0 amide bonds. The van der Waals surface area contributed by atoms with Crippen LogP contribution >= 0.6 is 0 Å². The summed E-state index contributed by atoms with van der Waals surface area (Å²) >= 11 is 0. The van der Waals surface area contributed by atoms with Crippen molar-refractivity contribution in [1.82, 2.24) is 14.8 Å². The quantitative estimate of drug-likeness (QED) is 0.483. The lowest BCUT2D eigenvalue weighted by molar-refractivity contribution is 0.207. The maximum atomic E-state index is 13.7. The number of benzene rings is 2. The largest absolute Gasteiger partial charge is 0.308 e. The molecule has 0 saturated heterocycles. The van der Waals surface area contributed by atoms with E-state index in [2.05, 4.69) is 31.0 Å². The van der Waals surface area contributed by atoms with Crippen LogP contribution < -0.4 is 5.56 Å². The van der Waals surface area contributed by atoms with Crippen LogP contribution in [-0.2, 0) is 0 Å². The van der Waals surface area contributed by atoms with E-state index in [1.165, 1.54) is 12.1 Å². The van der Waals surface area contributed by atoms with Gasteiger partial charge in [0.25, 0.3) is 5.56 Å². The molecule has 2 aromatic carbocycles. The van der Waals surface area contributed by atoms with Crippen molar-refractivity contribution in [3.8, 4) is 11.1 Å². The fraction of sp³-hybridized carbons (Fsp3) is 0.333. The molecule has 1 aliphatic carbocycles. The molecule has 1 saturated carbocycles. The summed E-state index contributed by atoms with van der Waals surface area (Å²) in [6, 6.07) is 10.8. The van der Waals surface area contributed by atoms with Gasteiger partial charge in [-0.15, -0.1) is 0 Å². The standard InChI is InChI=1S/C24H24FN3O/c1-13(2)23-22(15-4-6-17(25)7-5-15)19-10-16-12-26-27-21(16)11-20(19)24(29)28(23)18-8-14(3)9-18/h4-7,10-14,18H,8-9H2,1-3H3,(H,26,27).